The van der Waals surface area contributed by atoms with Gasteiger partial charge in [-0.2, -0.15) is 0 Å². The van der Waals surface area contributed by atoms with Crippen molar-refractivity contribution in [3.63, 3.8) is 0 Å². The van der Waals surface area contributed by atoms with E-state index in [0.717, 1.165) is 43.7 Å². The van der Waals surface area contributed by atoms with Crippen molar-refractivity contribution in [2.24, 2.45) is 5.92 Å². The Morgan fingerprint density at radius 3 is 2.77 bits per heavy atom. The third-order valence-electron chi connectivity index (χ3n) is 6.93. The van der Waals surface area contributed by atoms with Crippen LogP contribution in [0.4, 0.5) is 0 Å². The first-order valence-electron chi connectivity index (χ1n) is 11.9. The second-order valence-corrected chi connectivity index (χ2v) is 9.95. The lowest BCUT2D eigenvalue weighted by molar-refractivity contribution is -0.135. The molecule has 0 aromatic heterocycles. The Hall–Kier alpha value is -1.10. The van der Waals surface area contributed by atoms with E-state index in [2.05, 4.69) is 23.2 Å². The van der Waals surface area contributed by atoms with E-state index in [4.69, 9.17) is 11.6 Å². The quantitative estimate of drug-likeness (QED) is 0.520. The molecular weight excluding hydrogens is 396 g/mol. The van der Waals surface area contributed by atoms with Gasteiger partial charge in [-0.25, -0.2) is 0 Å². The first-order chi connectivity index (χ1) is 14.4. The Bertz CT molecular complexity index is 700. The number of hydrogen-bond donors (Lipinski definition) is 2. The average molecular weight is 435 g/mol. The van der Waals surface area contributed by atoms with E-state index in [0.29, 0.717) is 12.5 Å². The molecule has 1 aromatic rings. The zero-order valence-corrected chi connectivity index (χ0v) is 19.5. The Kier molecular flexibility index (Phi) is 8.62. The summed E-state index contributed by atoms with van der Waals surface area (Å²) in [5.74, 6) is 0.651. The van der Waals surface area contributed by atoms with Gasteiger partial charge in [0.25, 0.3) is 0 Å². The summed E-state index contributed by atoms with van der Waals surface area (Å²) in [6, 6.07) is 6.30. The van der Waals surface area contributed by atoms with Gasteiger partial charge >= 0.3 is 0 Å². The fourth-order valence-electron chi connectivity index (χ4n) is 5.28. The van der Waals surface area contributed by atoms with Crippen LogP contribution in [0, 0.1) is 5.92 Å². The second-order valence-electron chi connectivity index (χ2n) is 9.55. The molecule has 1 aliphatic carbocycles. The number of aliphatic hydroxyl groups is 1. The van der Waals surface area contributed by atoms with Gasteiger partial charge in [-0.3, -0.25) is 4.79 Å². The SMILES string of the molecule is CCCCCC(C)(O)CNCC(=O)N1CCc2c(Cl)cccc2C1C1CCCCC1. The van der Waals surface area contributed by atoms with Crippen molar-refractivity contribution < 1.29 is 9.90 Å². The smallest absolute Gasteiger partial charge is 0.237 e. The molecule has 2 atom stereocenters. The minimum Gasteiger partial charge on any atom is -0.389 e. The first-order valence-corrected chi connectivity index (χ1v) is 12.3. The largest absolute Gasteiger partial charge is 0.389 e. The highest BCUT2D eigenvalue weighted by molar-refractivity contribution is 6.31. The second kappa shape index (κ2) is 11.0. The van der Waals surface area contributed by atoms with Gasteiger partial charge in [-0.05, 0) is 55.7 Å². The number of rotatable bonds is 9. The minimum absolute atomic E-state index is 0.132. The van der Waals surface area contributed by atoms with Crippen LogP contribution in [0.5, 0.6) is 0 Å². The molecule has 1 heterocycles. The summed E-state index contributed by atoms with van der Waals surface area (Å²) in [6.45, 7) is 5.49. The van der Waals surface area contributed by atoms with Gasteiger partial charge < -0.3 is 15.3 Å². The molecule has 0 saturated heterocycles. The van der Waals surface area contributed by atoms with Crippen LogP contribution in [0.1, 0.15) is 88.8 Å². The highest BCUT2D eigenvalue weighted by atomic mass is 35.5. The Morgan fingerprint density at radius 1 is 1.27 bits per heavy atom. The van der Waals surface area contributed by atoms with E-state index in [9.17, 15) is 9.90 Å². The lowest BCUT2D eigenvalue weighted by atomic mass is 9.77. The van der Waals surface area contributed by atoms with E-state index in [-0.39, 0.29) is 18.5 Å². The normalized spacial score (nSPS) is 21.9. The van der Waals surface area contributed by atoms with Crippen molar-refractivity contribution in [2.75, 3.05) is 19.6 Å². The third kappa shape index (κ3) is 5.99. The summed E-state index contributed by atoms with van der Waals surface area (Å²) in [5.41, 5.74) is 1.71. The van der Waals surface area contributed by atoms with E-state index < -0.39 is 5.60 Å². The molecular formula is C25H39ClN2O2. The van der Waals surface area contributed by atoms with E-state index >= 15 is 0 Å². The maximum atomic E-state index is 13.2. The molecule has 0 spiro atoms. The zero-order valence-electron chi connectivity index (χ0n) is 18.8. The number of unbranched alkanes of at least 4 members (excludes halogenated alkanes) is 2. The van der Waals surface area contributed by atoms with Crippen molar-refractivity contribution in [3.05, 3.63) is 34.3 Å². The number of nitrogens with one attached hydrogen (secondary N) is 1. The monoisotopic (exact) mass is 434 g/mol. The predicted octanol–water partition coefficient (Wildman–Crippen LogP) is 5.27. The number of halogens is 1. The minimum atomic E-state index is -0.764. The number of carbonyl (C=O) groups excluding carboxylic acids is 1. The molecule has 0 bridgehead atoms. The molecule has 4 nitrogen and oxygen atoms in total. The van der Waals surface area contributed by atoms with Crippen LogP contribution in [0.2, 0.25) is 5.02 Å². The average Bonchev–Trinajstić information content (AvgIpc) is 2.73. The van der Waals surface area contributed by atoms with Crippen LogP contribution in [-0.4, -0.2) is 41.1 Å². The molecule has 1 saturated carbocycles. The molecule has 2 aliphatic rings. The number of carbonyl (C=O) groups is 1. The summed E-state index contributed by atoms with van der Waals surface area (Å²) in [5, 5.41) is 14.7. The van der Waals surface area contributed by atoms with Crippen molar-refractivity contribution in [2.45, 2.75) is 89.7 Å². The fraction of sp³-hybridized carbons (Fsp3) is 0.720. The molecule has 0 radical (unpaired) electrons. The fourth-order valence-corrected chi connectivity index (χ4v) is 5.55. The van der Waals surface area contributed by atoms with Crippen molar-refractivity contribution in [3.8, 4) is 0 Å². The maximum Gasteiger partial charge on any atom is 0.237 e. The van der Waals surface area contributed by atoms with Crippen molar-refractivity contribution in [1.82, 2.24) is 10.2 Å². The molecule has 3 rings (SSSR count). The molecule has 168 valence electrons. The van der Waals surface area contributed by atoms with Gasteiger partial charge in [0.05, 0.1) is 18.2 Å². The summed E-state index contributed by atoms with van der Waals surface area (Å²) >= 11 is 6.52. The van der Waals surface area contributed by atoms with Gasteiger partial charge in [0.1, 0.15) is 0 Å². The lowest BCUT2D eigenvalue weighted by Crippen LogP contribution is -2.48. The summed E-state index contributed by atoms with van der Waals surface area (Å²) in [7, 11) is 0. The molecule has 2 N–H and O–H groups in total. The van der Waals surface area contributed by atoms with Crippen LogP contribution in [0.3, 0.4) is 0 Å². The van der Waals surface area contributed by atoms with E-state index in [1.165, 1.54) is 43.2 Å². The standard InChI is InChI=1S/C25H39ClN2O2/c1-3-4-8-15-25(2,30)18-27-17-23(29)28-16-14-20-21(12-9-13-22(20)26)24(28)19-10-6-5-7-11-19/h9,12-13,19,24,27,30H,3-8,10-11,14-18H2,1-2H3. The predicted molar refractivity (Wildman–Crippen MR) is 124 cm³/mol. The van der Waals surface area contributed by atoms with Crippen molar-refractivity contribution in [1.29, 1.82) is 0 Å². The maximum absolute atomic E-state index is 13.2. The van der Waals surface area contributed by atoms with Crippen LogP contribution in [0.15, 0.2) is 18.2 Å². The Morgan fingerprint density at radius 2 is 2.03 bits per heavy atom. The van der Waals surface area contributed by atoms with E-state index in [1.54, 1.807) is 0 Å². The van der Waals surface area contributed by atoms with Gasteiger partial charge in [-0.1, -0.05) is 69.2 Å². The van der Waals surface area contributed by atoms with Crippen LogP contribution < -0.4 is 5.32 Å². The van der Waals surface area contributed by atoms with Crippen molar-refractivity contribution >= 4 is 17.5 Å². The summed E-state index contributed by atoms with van der Waals surface area (Å²) in [6.07, 6.45) is 11.0. The molecule has 5 heteroatoms. The third-order valence-corrected chi connectivity index (χ3v) is 7.28. The highest BCUT2D eigenvalue weighted by Gasteiger charge is 2.37. The van der Waals surface area contributed by atoms with Crippen LogP contribution in [-0.2, 0) is 11.2 Å². The molecule has 1 amide bonds. The Balaban J connectivity index is 1.66. The van der Waals surface area contributed by atoms with E-state index in [1.807, 2.05) is 19.1 Å². The number of amides is 1. The van der Waals surface area contributed by atoms with Gasteiger partial charge in [0, 0.05) is 18.1 Å². The van der Waals surface area contributed by atoms with Gasteiger partial charge in [0.15, 0.2) is 0 Å². The van der Waals surface area contributed by atoms with Crippen LogP contribution in [0.25, 0.3) is 0 Å². The number of fused-ring (bicyclic) bond motifs is 1. The van der Waals surface area contributed by atoms with Gasteiger partial charge in [0.2, 0.25) is 5.91 Å². The summed E-state index contributed by atoms with van der Waals surface area (Å²) < 4.78 is 0. The number of hydrogen-bond acceptors (Lipinski definition) is 3. The summed E-state index contributed by atoms with van der Waals surface area (Å²) in [4.78, 5) is 15.3. The molecule has 30 heavy (non-hydrogen) atoms. The Labute approximate surface area is 187 Å². The number of nitrogens with zero attached hydrogens (tertiary/aromatic N) is 1. The lowest BCUT2D eigenvalue weighted by Gasteiger charge is -2.43. The molecule has 2 unspecified atom stereocenters. The molecule has 1 aromatic carbocycles. The number of benzene rings is 1. The topological polar surface area (TPSA) is 52.6 Å². The first kappa shape index (κ1) is 23.6. The van der Waals surface area contributed by atoms with Crippen LogP contribution >= 0.6 is 11.6 Å². The molecule has 1 fully saturated rings. The molecule has 1 aliphatic heterocycles. The highest BCUT2D eigenvalue weighted by Crippen LogP contribution is 2.43. The van der Waals surface area contributed by atoms with Gasteiger partial charge in [-0.15, -0.1) is 0 Å². The zero-order chi connectivity index (χ0) is 21.6.